The lowest BCUT2D eigenvalue weighted by molar-refractivity contribution is 0.402. The molecular formula is C22H23FN2O. The van der Waals surface area contributed by atoms with E-state index >= 15 is 0 Å². The van der Waals surface area contributed by atoms with Gasteiger partial charge in [0.2, 0.25) is 0 Å². The maximum Gasteiger partial charge on any atom is 0.127 e. The zero-order valence-corrected chi connectivity index (χ0v) is 15.3. The Morgan fingerprint density at radius 2 is 1.46 bits per heavy atom. The number of rotatable bonds is 6. The molecule has 4 heteroatoms. The Kier molecular flexibility index (Phi) is 5.54. The van der Waals surface area contributed by atoms with E-state index in [0.717, 1.165) is 29.0 Å². The van der Waals surface area contributed by atoms with E-state index < -0.39 is 0 Å². The summed E-state index contributed by atoms with van der Waals surface area (Å²) < 4.78 is 18.8. The monoisotopic (exact) mass is 350 g/mol. The maximum atomic E-state index is 13.7. The number of hydrogen-bond acceptors (Lipinski definition) is 3. The maximum absolute atomic E-state index is 13.7. The predicted octanol–water partition coefficient (Wildman–Crippen LogP) is 5.31. The summed E-state index contributed by atoms with van der Waals surface area (Å²) >= 11 is 0. The summed E-state index contributed by atoms with van der Waals surface area (Å²) in [5, 5.41) is 3.38. The highest BCUT2D eigenvalue weighted by atomic mass is 19.1. The molecule has 3 nitrogen and oxygen atoms in total. The van der Waals surface area contributed by atoms with Crippen LogP contribution < -0.4 is 10.1 Å². The zero-order valence-electron chi connectivity index (χ0n) is 15.3. The molecule has 0 bridgehead atoms. The van der Waals surface area contributed by atoms with E-state index in [1.54, 1.807) is 0 Å². The van der Waals surface area contributed by atoms with Crippen LogP contribution in [0.5, 0.6) is 5.75 Å². The average Bonchev–Trinajstić information content (AvgIpc) is 2.63. The standard InChI is InChI=1S/C22H23FN2O/c1-25(2)15-16-4-8-20(9-5-16)24-21-10-6-17(7-11-21)18-12-19(23)14-22(13-18)26-3/h4-14,24H,15H2,1-3H3. The number of methoxy groups -OCH3 is 1. The van der Waals surface area contributed by atoms with Crippen LogP contribution in [0.3, 0.4) is 0 Å². The molecular weight excluding hydrogens is 327 g/mol. The molecule has 0 unspecified atom stereocenters. The van der Waals surface area contributed by atoms with Crippen LogP contribution in [-0.4, -0.2) is 26.1 Å². The van der Waals surface area contributed by atoms with Gasteiger partial charge >= 0.3 is 0 Å². The zero-order chi connectivity index (χ0) is 18.5. The summed E-state index contributed by atoms with van der Waals surface area (Å²) in [6.45, 7) is 0.923. The van der Waals surface area contributed by atoms with E-state index in [-0.39, 0.29) is 5.82 Å². The molecule has 0 aromatic heterocycles. The van der Waals surface area contributed by atoms with Crippen LogP contribution in [0.25, 0.3) is 11.1 Å². The first-order chi connectivity index (χ1) is 12.5. The van der Waals surface area contributed by atoms with Crippen molar-refractivity contribution in [3.63, 3.8) is 0 Å². The number of ether oxygens (including phenoxy) is 1. The highest BCUT2D eigenvalue weighted by Gasteiger charge is 2.04. The molecule has 1 N–H and O–H groups in total. The molecule has 0 saturated carbocycles. The topological polar surface area (TPSA) is 24.5 Å². The van der Waals surface area contributed by atoms with Gasteiger partial charge in [0.25, 0.3) is 0 Å². The van der Waals surface area contributed by atoms with Crippen LogP contribution in [0.1, 0.15) is 5.56 Å². The van der Waals surface area contributed by atoms with Gasteiger partial charge in [-0.05, 0) is 67.2 Å². The fourth-order valence-corrected chi connectivity index (χ4v) is 2.82. The van der Waals surface area contributed by atoms with Gasteiger partial charge in [-0.2, -0.15) is 0 Å². The fourth-order valence-electron chi connectivity index (χ4n) is 2.82. The van der Waals surface area contributed by atoms with E-state index in [1.165, 1.54) is 24.8 Å². The first-order valence-corrected chi connectivity index (χ1v) is 8.49. The van der Waals surface area contributed by atoms with Crippen molar-refractivity contribution in [3.8, 4) is 16.9 Å². The Balaban J connectivity index is 1.72. The van der Waals surface area contributed by atoms with Crippen LogP contribution >= 0.6 is 0 Å². The largest absolute Gasteiger partial charge is 0.497 e. The van der Waals surface area contributed by atoms with Crippen molar-refractivity contribution < 1.29 is 9.13 Å². The number of nitrogens with one attached hydrogen (secondary N) is 1. The Morgan fingerprint density at radius 3 is 2.04 bits per heavy atom. The lowest BCUT2D eigenvalue weighted by Gasteiger charge is -2.12. The van der Waals surface area contributed by atoms with Crippen molar-refractivity contribution in [2.24, 2.45) is 0 Å². The Hall–Kier alpha value is -2.85. The van der Waals surface area contributed by atoms with Crippen molar-refractivity contribution in [1.29, 1.82) is 0 Å². The average molecular weight is 350 g/mol. The number of halogens is 1. The second-order valence-corrected chi connectivity index (χ2v) is 6.52. The van der Waals surface area contributed by atoms with Crippen LogP contribution in [-0.2, 0) is 6.54 Å². The summed E-state index contributed by atoms with van der Waals surface area (Å²) in [6, 6.07) is 21.0. The molecule has 3 aromatic rings. The smallest absolute Gasteiger partial charge is 0.127 e. The minimum Gasteiger partial charge on any atom is -0.497 e. The first kappa shape index (κ1) is 18.0. The molecule has 134 valence electrons. The first-order valence-electron chi connectivity index (χ1n) is 8.49. The highest BCUT2D eigenvalue weighted by Crippen LogP contribution is 2.27. The molecule has 0 aliphatic carbocycles. The molecule has 3 rings (SSSR count). The van der Waals surface area contributed by atoms with Crippen LogP contribution in [0.2, 0.25) is 0 Å². The van der Waals surface area contributed by atoms with Gasteiger partial charge in [-0.1, -0.05) is 24.3 Å². The van der Waals surface area contributed by atoms with Crippen molar-refractivity contribution in [2.45, 2.75) is 6.54 Å². The third-order valence-electron chi connectivity index (χ3n) is 4.07. The van der Waals surface area contributed by atoms with Crippen molar-refractivity contribution in [3.05, 3.63) is 78.1 Å². The van der Waals surface area contributed by atoms with Gasteiger partial charge in [0.15, 0.2) is 0 Å². The summed E-state index contributed by atoms with van der Waals surface area (Å²) in [4.78, 5) is 2.14. The molecule has 26 heavy (non-hydrogen) atoms. The Morgan fingerprint density at radius 1 is 0.846 bits per heavy atom. The fraction of sp³-hybridized carbons (Fsp3) is 0.182. The number of benzene rings is 3. The van der Waals surface area contributed by atoms with Crippen LogP contribution in [0.15, 0.2) is 66.7 Å². The number of anilines is 2. The highest BCUT2D eigenvalue weighted by molar-refractivity contribution is 5.69. The summed E-state index contributed by atoms with van der Waals surface area (Å²) in [7, 11) is 5.65. The molecule has 0 saturated heterocycles. The molecule has 0 aliphatic heterocycles. The SMILES string of the molecule is COc1cc(F)cc(-c2ccc(Nc3ccc(CN(C)C)cc3)cc2)c1. The number of hydrogen-bond donors (Lipinski definition) is 1. The summed E-state index contributed by atoms with van der Waals surface area (Å²) in [5.74, 6) is 0.208. The second kappa shape index (κ2) is 8.02. The molecule has 0 radical (unpaired) electrons. The van der Waals surface area contributed by atoms with Gasteiger partial charge in [0.05, 0.1) is 7.11 Å². The minimum absolute atomic E-state index is 0.306. The van der Waals surface area contributed by atoms with Crippen LogP contribution in [0, 0.1) is 5.82 Å². The lowest BCUT2D eigenvalue weighted by Crippen LogP contribution is -2.10. The van der Waals surface area contributed by atoms with E-state index in [9.17, 15) is 4.39 Å². The molecule has 0 aliphatic rings. The summed E-state index contributed by atoms with van der Waals surface area (Å²) in [6.07, 6.45) is 0. The molecule has 3 aromatic carbocycles. The quantitative estimate of drug-likeness (QED) is 0.652. The van der Waals surface area contributed by atoms with Crippen molar-refractivity contribution in [2.75, 3.05) is 26.5 Å². The van der Waals surface area contributed by atoms with E-state index in [4.69, 9.17) is 4.74 Å². The molecule has 0 spiro atoms. The predicted molar refractivity (Wildman–Crippen MR) is 106 cm³/mol. The van der Waals surface area contributed by atoms with Gasteiger partial charge in [-0.3, -0.25) is 0 Å². The second-order valence-electron chi connectivity index (χ2n) is 6.52. The molecule has 0 atom stereocenters. The van der Waals surface area contributed by atoms with E-state index in [2.05, 4.69) is 48.6 Å². The van der Waals surface area contributed by atoms with Crippen molar-refractivity contribution in [1.82, 2.24) is 4.90 Å². The minimum atomic E-state index is -0.306. The lowest BCUT2D eigenvalue weighted by atomic mass is 10.0. The van der Waals surface area contributed by atoms with E-state index in [1.807, 2.05) is 30.3 Å². The third kappa shape index (κ3) is 4.61. The van der Waals surface area contributed by atoms with Crippen molar-refractivity contribution >= 4 is 11.4 Å². The van der Waals surface area contributed by atoms with Crippen LogP contribution in [0.4, 0.5) is 15.8 Å². The Labute approximate surface area is 154 Å². The molecule has 0 fully saturated rings. The van der Waals surface area contributed by atoms with Gasteiger partial charge in [-0.25, -0.2) is 4.39 Å². The van der Waals surface area contributed by atoms with Gasteiger partial charge in [-0.15, -0.1) is 0 Å². The number of nitrogens with zero attached hydrogens (tertiary/aromatic N) is 1. The Bertz CT molecular complexity index is 858. The normalized spacial score (nSPS) is 10.8. The third-order valence-corrected chi connectivity index (χ3v) is 4.07. The van der Waals surface area contributed by atoms with Gasteiger partial charge < -0.3 is 15.0 Å². The van der Waals surface area contributed by atoms with E-state index in [0.29, 0.717) is 5.75 Å². The summed E-state index contributed by atoms with van der Waals surface area (Å²) in [5.41, 5.74) is 5.03. The molecule has 0 amide bonds. The van der Waals surface area contributed by atoms with Gasteiger partial charge in [0, 0.05) is 24.0 Å². The van der Waals surface area contributed by atoms with Gasteiger partial charge in [0.1, 0.15) is 11.6 Å². The molecule has 0 heterocycles.